The zero-order valence-corrected chi connectivity index (χ0v) is 18.0. The minimum atomic E-state index is 0.865. The van der Waals surface area contributed by atoms with E-state index in [-0.39, 0.29) is 0 Å². The van der Waals surface area contributed by atoms with Crippen LogP contribution < -0.4 is 0 Å². The maximum atomic E-state index is 2.79. The summed E-state index contributed by atoms with van der Waals surface area (Å²) < 4.78 is 0. The number of hydrogen-bond acceptors (Lipinski definition) is 0. The highest BCUT2D eigenvalue weighted by Crippen LogP contribution is 2.54. The van der Waals surface area contributed by atoms with E-state index in [2.05, 4.69) is 26.0 Å². The highest BCUT2D eigenvalue weighted by molar-refractivity contribution is 5.24. The molecule has 0 radical (unpaired) electrons. The van der Waals surface area contributed by atoms with E-state index in [1.165, 1.54) is 83.5 Å². The Kier molecular flexibility index (Phi) is 5.29. The Morgan fingerprint density at radius 3 is 2.15 bits per heavy atom. The second-order valence-corrected chi connectivity index (χ2v) is 11.1. The van der Waals surface area contributed by atoms with Gasteiger partial charge in [0.05, 0.1) is 0 Å². The van der Waals surface area contributed by atoms with Gasteiger partial charge in [-0.1, -0.05) is 68.7 Å². The Morgan fingerprint density at radius 1 is 0.704 bits per heavy atom. The molecule has 0 aromatic heterocycles. The molecular formula is C27H42. The van der Waals surface area contributed by atoms with Gasteiger partial charge in [-0.25, -0.2) is 0 Å². The Hall–Kier alpha value is -0.520. The van der Waals surface area contributed by atoms with E-state index >= 15 is 0 Å². The van der Waals surface area contributed by atoms with Gasteiger partial charge in [0.1, 0.15) is 0 Å². The largest absolute Gasteiger partial charge is 0.0819 e. The summed E-state index contributed by atoms with van der Waals surface area (Å²) in [6.07, 6.45) is 25.1. The lowest BCUT2D eigenvalue weighted by molar-refractivity contribution is 0.161. The first-order chi connectivity index (χ1) is 13.2. The van der Waals surface area contributed by atoms with Crippen LogP contribution in [0, 0.1) is 47.3 Å². The predicted octanol–water partition coefficient (Wildman–Crippen LogP) is 7.95. The molecule has 0 N–H and O–H groups in total. The SMILES string of the molecule is CC1=CC(CC2CCCCC2C2=CC(C)C3CCCCC23)C2CCCCC12. The van der Waals surface area contributed by atoms with Gasteiger partial charge in [-0.15, -0.1) is 0 Å². The van der Waals surface area contributed by atoms with Crippen LogP contribution in [0.15, 0.2) is 23.3 Å². The third kappa shape index (κ3) is 3.38. The summed E-state index contributed by atoms with van der Waals surface area (Å²) in [5.41, 5.74) is 3.73. The molecule has 0 bridgehead atoms. The van der Waals surface area contributed by atoms with E-state index in [0.29, 0.717) is 0 Å². The van der Waals surface area contributed by atoms with Gasteiger partial charge < -0.3 is 0 Å². The van der Waals surface area contributed by atoms with Crippen molar-refractivity contribution in [2.45, 2.75) is 97.3 Å². The summed E-state index contributed by atoms with van der Waals surface area (Å²) in [4.78, 5) is 0. The van der Waals surface area contributed by atoms with Crippen LogP contribution in [-0.4, -0.2) is 0 Å². The first kappa shape index (κ1) is 18.5. The van der Waals surface area contributed by atoms with Crippen LogP contribution in [0.1, 0.15) is 97.3 Å². The summed E-state index contributed by atoms with van der Waals surface area (Å²) in [7, 11) is 0. The molecule has 0 saturated heterocycles. The molecule has 0 heterocycles. The molecule has 5 aliphatic rings. The lowest BCUT2D eigenvalue weighted by atomic mass is 9.65. The maximum Gasteiger partial charge on any atom is -0.0166 e. The zero-order valence-electron chi connectivity index (χ0n) is 18.0. The van der Waals surface area contributed by atoms with Crippen LogP contribution in [0.5, 0.6) is 0 Å². The molecule has 8 atom stereocenters. The van der Waals surface area contributed by atoms with E-state index in [4.69, 9.17) is 0 Å². The average molecular weight is 367 g/mol. The van der Waals surface area contributed by atoms with Crippen molar-refractivity contribution in [2.75, 3.05) is 0 Å². The quantitative estimate of drug-likeness (QED) is 0.444. The highest BCUT2D eigenvalue weighted by atomic mass is 14.5. The summed E-state index contributed by atoms with van der Waals surface area (Å²) in [6.45, 7) is 4.98. The second kappa shape index (κ2) is 7.72. The number of allylic oxidation sites excluding steroid dienone is 4. The van der Waals surface area contributed by atoms with Gasteiger partial charge in [0.2, 0.25) is 0 Å². The third-order valence-electron chi connectivity index (χ3n) is 9.72. The Bertz CT molecular complexity index is 595. The van der Waals surface area contributed by atoms with Gasteiger partial charge in [-0.05, 0) is 99.2 Å². The molecule has 0 aromatic carbocycles. The Balaban J connectivity index is 1.33. The molecule has 0 nitrogen and oxygen atoms in total. The molecule has 5 aliphatic carbocycles. The van der Waals surface area contributed by atoms with Crippen molar-refractivity contribution >= 4 is 0 Å². The van der Waals surface area contributed by atoms with E-state index in [0.717, 1.165) is 47.3 Å². The summed E-state index contributed by atoms with van der Waals surface area (Å²) >= 11 is 0. The molecule has 0 aromatic rings. The highest BCUT2D eigenvalue weighted by Gasteiger charge is 2.43. The molecular weight excluding hydrogens is 324 g/mol. The van der Waals surface area contributed by atoms with E-state index in [1.807, 2.05) is 5.57 Å². The molecule has 27 heavy (non-hydrogen) atoms. The van der Waals surface area contributed by atoms with Crippen molar-refractivity contribution in [1.82, 2.24) is 0 Å². The molecule has 0 heteroatoms. The van der Waals surface area contributed by atoms with Gasteiger partial charge in [0, 0.05) is 0 Å². The Morgan fingerprint density at radius 2 is 1.33 bits per heavy atom. The summed E-state index contributed by atoms with van der Waals surface area (Å²) in [6, 6.07) is 0. The first-order valence-electron chi connectivity index (χ1n) is 12.6. The molecule has 0 amide bonds. The van der Waals surface area contributed by atoms with Crippen molar-refractivity contribution in [1.29, 1.82) is 0 Å². The van der Waals surface area contributed by atoms with Crippen molar-refractivity contribution in [3.05, 3.63) is 23.3 Å². The minimum Gasteiger partial charge on any atom is -0.0819 e. The van der Waals surface area contributed by atoms with Gasteiger partial charge in [0.15, 0.2) is 0 Å². The fraction of sp³-hybridized carbons (Fsp3) is 0.852. The average Bonchev–Trinajstić information content (AvgIpc) is 3.20. The molecule has 3 saturated carbocycles. The van der Waals surface area contributed by atoms with Crippen molar-refractivity contribution in [3.63, 3.8) is 0 Å². The van der Waals surface area contributed by atoms with Crippen molar-refractivity contribution in [2.24, 2.45) is 47.3 Å². The topological polar surface area (TPSA) is 0 Å². The van der Waals surface area contributed by atoms with Gasteiger partial charge in [-0.3, -0.25) is 0 Å². The van der Waals surface area contributed by atoms with Crippen molar-refractivity contribution < 1.29 is 0 Å². The molecule has 8 unspecified atom stereocenters. The number of rotatable bonds is 3. The Labute approximate surface area is 168 Å². The third-order valence-corrected chi connectivity index (χ3v) is 9.72. The van der Waals surface area contributed by atoms with Gasteiger partial charge in [-0.2, -0.15) is 0 Å². The van der Waals surface area contributed by atoms with Crippen LogP contribution in [0.4, 0.5) is 0 Å². The molecule has 150 valence electrons. The maximum absolute atomic E-state index is 2.79. The lowest BCUT2D eigenvalue weighted by Crippen LogP contribution is -2.30. The van der Waals surface area contributed by atoms with E-state index in [1.54, 1.807) is 5.57 Å². The number of fused-ring (bicyclic) bond motifs is 2. The standard InChI is InChI=1S/C27H42/c1-18-15-21(25-13-7-5-10-22(18)25)17-20-9-3-4-12-24(20)27-16-19(2)23-11-6-8-14-26(23)27/h15-16,19-26H,3-14,17H2,1-2H3. The minimum absolute atomic E-state index is 0.865. The molecule has 0 spiro atoms. The molecule has 5 rings (SSSR count). The summed E-state index contributed by atoms with van der Waals surface area (Å²) in [5, 5.41) is 0. The van der Waals surface area contributed by atoms with Crippen LogP contribution in [-0.2, 0) is 0 Å². The second-order valence-electron chi connectivity index (χ2n) is 11.1. The lowest BCUT2D eigenvalue weighted by Gasteiger charge is -2.40. The molecule has 0 aliphatic heterocycles. The smallest absolute Gasteiger partial charge is 0.0166 e. The van der Waals surface area contributed by atoms with Gasteiger partial charge in [0.25, 0.3) is 0 Å². The first-order valence-corrected chi connectivity index (χ1v) is 12.6. The van der Waals surface area contributed by atoms with Gasteiger partial charge >= 0.3 is 0 Å². The van der Waals surface area contributed by atoms with E-state index < -0.39 is 0 Å². The zero-order chi connectivity index (χ0) is 18.4. The monoisotopic (exact) mass is 366 g/mol. The summed E-state index contributed by atoms with van der Waals surface area (Å²) in [5.74, 6) is 7.68. The normalized spacial score (nSPS) is 47.2. The van der Waals surface area contributed by atoms with Crippen LogP contribution >= 0.6 is 0 Å². The van der Waals surface area contributed by atoms with Crippen LogP contribution in [0.3, 0.4) is 0 Å². The fourth-order valence-corrected chi connectivity index (χ4v) is 8.50. The molecule has 3 fully saturated rings. The van der Waals surface area contributed by atoms with E-state index in [9.17, 15) is 0 Å². The fourth-order valence-electron chi connectivity index (χ4n) is 8.50. The van der Waals surface area contributed by atoms with Crippen LogP contribution in [0.25, 0.3) is 0 Å². The van der Waals surface area contributed by atoms with Crippen LogP contribution in [0.2, 0.25) is 0 Å². The van der Waals surface area contributed by atoms with Crippen molar-refractivity contribution in [3.8, 4) is 0 Å². The number of hydrogen-bond donors (Lipinski definition) is 0. The predicted molar refractivity (Wildman–Crippen MR) is 115 cm³/mol.